The first-order valence-electron chi connectivity index (χ1n) is 6.03. The van der Waals surface area contributed by atoms with Crippen LogP contribution in [0.1, 0.15) is 26.2 Å². The van der Waals surface area contributed by atoms with Gasteiger partial charge in [-0.05, 0) is 32.9 Å². The topological polar surface area (TPSA) is 78.6 Å². The quantitative estimate of drug-likeness (QED) is 0.591. The molecule has 5 heteroatoms. The molecule has 0 aromatic heterocycles. The summed E-state index contributed by atoms with van der Waals surface area (Å²) in [6, 6.07) is -0.507. The third-order valence-corrected chi connectivity index (χ3v) is 2.98. The minimum absolute atomic E-state index is 0.295. The summed E-state index contributed by atoms with van der Waals surface area (Å²) in [5.41, 5.74) is 5.42. The molecule has 0 bridgehead atoms. The predicted octanol–water partition coefficient (Wildman–Crippen LogP) is -0.138. The highest BCUT2D eigenvalue weighted by Crippen LogP contribution is 2.08. The SMILES string of the molecule is CC(CN1CCCCC1)NCC(N)C(=O)O. The van der Waals surface area contributed by atoms with E-state index in [1.54, 1.807) is 0 Å². The van der Waals surface area contributed by atoms with Crippen LogP contribution in [0.2, 0.25) is 0 Å². The van der Waals surface area contributed by atoms with Crippen LogP contribution in [0.4, 0.5) is 0 Å². The Hall–Kier alpha value is -0.650. The zero-order chi connectivity index (χ0) is 12.0. The smallest absolute Gasteiger partial charge is 0.321 e. The van der Waals surface area contributed by atoms with Gasteiger partial charge in [0.15, 0.2) is 0 Å². The molecule has 0 aliphatic carbocycles. The number of rotatable bonds is 6. The molecule has 1 rings (SSSR count). The molecule has 0 aromatic carbocycles. The minimum atomic E-state index is -0.947. The fourth-order valence-electron chi connectivity index (χ4n) is 2.01. The number of likely N-dealkylation sites (tertiary alicyclic amines) is 1. The van der Waals surface area contributed by atoms with Crippen molar-refractivity contribution in [2.24, 2.45) is 5.73 Å². The van der Waals surface area contributed by atoms with E-state index in [-0.39, 0.29) is 0 Å². The lowest BCUT2D eigenvalue weighted by atomic mass is 10.1. The van der Waals surface area contributed by atoms with Gasteiger partial charge in [0.25, 0.3) is 0 Å². The molecule has 5 nitrogen and oxygen atoms in total. The predicted molar refractivity (Wildman–Crippen MR) is 63.4 cm³/mol. The first-order valence-corrected chi connectivity index (χ1v) is 6.03. The number of carbonyl (C=O) groups is 1. The van der Waals surface area contributed by atoms with Crippen molar-refractivity contribution in [3.05, 3.63) is 0 Å². The van der Waals surface area contributed by atoms with Crippen LogP contribution in [0.5, 0.6) is 0 Å². The summed E-state index contributed by atoms with van der Waals surface area (Å²) in [6.07, 6.45) is 3.89. The van der Waals surface area contributed by atoms with Gasteiger partial charge in [0, 0.05) is 19.1 Å². The van der Waals surface area contributed by atoms with E-state index in [1.165, 1.54) is 19.3 Å². The normalized spacial score (nSPS) is 21.6. The van der Waals surface area contributed by atoms with Crippen molar-refractivity contribution in [2.75, 3.05) is 26.2 Å². The third-order valence-electron chi connectivity index (χ3n) is 2.98. The van der Waals surface area contributed by atoms with Gasteiger partial charge in [-0.1, -0.05) is 6.42 Å². The Bertz CT molecular complexity index is 217. The van der Waals surface area contributed by atoms with Gasteiger partial charge in [-0.15, -0.1) is 0 Å². The van der Waals surface area contributed by atoms with Gasteiger partial charge in [-0.2, -0.15) is 0 Å². The molecule has 1 aliphatic heterocycles. The number of aliphatic carboxylic acids is 1. The van der Waals surface area contributed by atoms with Gasteiger partial charge < -0.3 is 21.1 Å². The fourth-order valence-corrected chi connectivity index (χ4v) is 2.01. The van der Waals surface area contributed by atoms with Crippen LogP contribution in [0.25, 0.3) is 0 Å². The Morgan fingerprint density at radius 2 is 2.06 bits per heavy atom. The minimum Gasteiger partial charge on any atom is -0.480 e. The second kappa shape index (κ2) is 6.83. The monoisotopic (exact) mass is 229 g/mol. The second-order valence-corrected chi connectivity index (χ2v) is 4.62. The van der Waals surface area contributed by atoms with Crippen LogP contribution in [0, 0.1) is 0 Å². The zero-order valence-electron chi connectivity index (χ0n) is 9.98. The Morgan fingerprint density at radius 1 is 1.44 bits per heavy atom. The van der Waals surface area contributed by atoms with Crippen molar-refractivity contribution in [2.45, 2.75) is 38.3 Å². The molecule has 1 saturated heterocycles. The maximum Gasteiger partial charge on any atom is 0.321 e. The molecule has 0 radical (unpaired) electrons. The first kappa shape index (κ1) is 13.4. The third kappa shape index (κ3) is 4.92. The molecule has 1 aliphatic rings. The van der Waals surface area contributed by atoms with Crippen LogP contribution in [0.3, 0.4) is 0 Å². The van der Waals surface area contributed by atoms with E-state index in [1.807, 2.05) is 0 Å². The molecule has 1 heterocycles. The lowest BCUT2D eigenvalue weighted by Gasteiger charge is -2.29. The van der Waals surface area contributed by atoms with E-state index in [0.717, 1.165) is 19.6 Å². The zero-order valence-corrected chi connectivity index (χ0v) is 9.98. The van der Waals surface area contributed by atoms with E-state index >= 15 is 0 Å². The Balaban J connectivity index is 2.14. The van der Waals surface area contributed by atoms with Crippen LogP contribution in [-0.2, 0) is 4.79 Å². The number of carboxylic acid groups (broad SMARTS) is 1. The van der Waals surface area contributed by atoms with Crippen LogP contribution >= 0.6 is 0 Å². The van der Waals surface area contributed by atoms with E-state index < -0.39 is 12.0 Å². The first-order chi connectivity index (χ1) is 7.59. The van der Waals surface area contributed by atoms with Gasteiger partial charge in [-0.3, -0.25) is 4.79 Å². The molecule has 1 fully saturated rings. The largest absolute Gasteiger partial charge is 0.480 e. The molecule has 0 amide bonds. The van der Waals surface area contributed by atoms with E-state index in [0.29, 0.717) is 12.6 Å². The van der Waals surface area contributed by atoms with E-state index in [4.69, 9.17) is 10.8 Å². The van der Waals surface area contributed by atoms with Crippen molar-refractivity contribution in [1.29, 1.82) is 0 Å². The molecule has 0 spiro atoms. The number of hydrogen-bond donors (Lipinski definition) is 3. The van der Waals surface area contributed by atoms with Crippen LogP contribution < -0.4 is 11.1 Å². The molecule has 16 heavy (non-hydrogen) atoms. The summed E-state index contributed by atoms with van der Waals surface area (Å²) in [7, 11) is 0. The molecular formula is C11H23N3O2. The van der Waals surface area contributed by atoms with Crippen LogP contribution in [0.15, 0.2) is 0 Å². The molecule has 2 unspecified atom stereocenters. The van der Waals surface area contributed by atoms with Gasteiger partial charge >= 0.3 is 5.97 Å². The molecule has 0 saturated carbocycles. The number of carboxylic acids is 1. The molecule has 4 N–H and O–H groups in total. The summed E-state index contributed by atoms with van der Waals surface area (Å²) in [5, 5.41) is 11.8. The van der Waals surface area contributed by atoms with E-state index in [2.05, 4.69) is 17.1 Å². The van der Waals surface area contributed by atoms with Gasteiger partial charge in [0.2, 0.25) is 0 Å². The number of nitrogens with zero attached hydrogens (tertiary/aromatic N) is 1. The standard InChI is InChI=1S/C11H23N3O2/c1-9(13-7-10(12)11(15)16)8-14-5-3-2-4-6-14/h9-10,13H,2-8,12H2,1H3,(H,15,16). The average molecular weight is 229 g/mol. The van der Waals surface area contributed by atoms with Gasteiger partial charge in [0.1, 0.15) is 6.04 Å². The fraction of sp³-hybridized carbons (Fsp3) is 0.909. The van der Waals surface area contributed by atoms with E-state index in [9.17, 15) is 4.79 Å². The number of piperidine rings is 1. The maximum absolute atomic E-state index is 10.5. The Kier molecular flexibility index (Phi) is 5.73. The summed E-state index contributed by atoms with van der Waals surface area (Å²) in [6.45, 7) is 5.72. The lowest BCUT2D eigenvalue weighted by Crippen LogP contribution is -2.47. The molecule has 94 valence electrons. The number of hydrogen-bond acceptors (Lipinski definition) is 4. The van der Waals surface area contributed by atoms with Gasteiger partial charge in [-0.25, -0.2) is 0 Å². The van der Waals surface area contributed by atoms with Crippen molar-refractivity contribution in [3.63, 3.8) is 0 Å². The van der Waals surface area contributed by atoms with Crippen molar-refractivity contribution >= 4 is 5.97 Å². The second-order valence-electron chi connectivity index (χ2n) is 4.62. The highest BCUT2D eigenvalue weighted by atomic mass is 16.4. The number of nitrogens with two attached hydrogens (primary N) is 1. The van der Waals surface area contributed by atoms with Gasteiger partial charge in [0.05, 0.1) is 0 Å². The molecule has 2 atom stereocenters. The van der Waals surface area contributed by atoms with Crippen molar-refractivity contribution < 1.29 is 9.90 Å². The Labute approximate surface area is 97.0 Å². The lowest BCUT2D eigenvalue weighted by molar-refractivity contribution is -0.138. The van der Waals surface area contributed by atoms with Crippen molar-refractivity contribution in [1.82, 2.24) is 10.2 Å². The Morgan fingerprint density at radius 3 is 2.62 bits per heavy atom. The van der Waals surface area contributed by atoms with Crippen LogP contribution in [-0.4, -0.2) is 54.2 Å². The maximum atomic E-state index is 10.5. The summed E-state index contributed by atoms with van der Waals surface area (Å²) in [5.74, 6) is -0.947. The average Bonchev–Trinajstić information content (AvgIpc) is 2.27. The van der Waals surface area contributed by atoms with Crippen molar-refractivity contribution in [3.8, 4) is 0 Å². The molecular weight excluding hydrogens is 206 g/mol. The highest BCUT2D eigenvalue weighted by Gasteiger charge is 2.15. The summed E-state index contributed by atoms with van der Waals surface area (Å²) >= 11 is 0. The number of nitrogens with one attached hydrogen (secondary N) is 1. The molecule has 0 aromatic rings. The summed E-state index contributed by atoms with van der Waals surface area (Å²) in [4.78, 5) is 13.0. The highest BCUT2D eigenvalue weighted by molar-refractivity contribution is 5.73. The summed E-state index contributed by atoms with van der Waals surface area (Å²) < 4.78 is 0.